The van der Waals surface area contributed by atoms with Gasteiger partial charge in [-0.3, -0.25) is 14.8 Å². The summed E-state index contributed by atoms with van der Waals surface area (Å²) in [4.78, 5) is 33.5. The minimum Gasteiger partial charge on any atom is -0.338 e. The molecule has 0 fully saturated rings. The van der Waals surface area contributed by atoms with Crippen LogP contribution in [0.25, 0.3) is 0 Å². The van der Waals surface area contributed by atoms with Gasteiger partial charge in [0.05, 0.1) is 0 Å². The lowest BCUT2D eigenvalue weighted by molar-refractivity contribution is -0.109. The fraction of sp³-hybridized carbons (Fsp3) is 0.400. The van der Waals surface area contributed by atoms with Crippen molar-refractivity contribution in [3.63, 3.8) is 0 Å². The van der Waals surface area contributed by atoms with E-state index in [9.17, 15) is 9.59 Å². The Hall–Kier alpha value is -2.41. The summed E-state index contributed by atoms with van der Waals surface area (Å²) in [5, 5.41) is 3.06. The van der Waals surface area contributed by atoms with Crippen LogP contribution in [0.15, 0.2) is 49.1 Å². The van der Waals surface area contributed by atoms with Gasteiger partial charge in [-0.15, -0.1) is 0 Å². The van der Waals surface area contributed by atoms with Gasteiger partial charge in [-0.1, -0.05) is 11.8 Å². The van der Waals surface area contributed by atoms with Crippen LogP contribution in [0.5, 0.6) is 0 Å². The number of aromatic nitrogens is 2. The Kier molecular flexibility index (Phi) is 9.34. The zero-order valence-corrected chi connectivity index (χ0v) is 16.5. The first-order valence-corrected chi connectivity index (χ1v) is 10.1. The predicted octanol–water partition coefficient (Wildman–Crippen LogP) is 2.94. The van der Waals surface area contributed by atoms with Crippen molar-refractivity contribution in [2.24, 2.45) is 0 Å². The maximum Gasteiger partial charge on any atom is 0.317 e. The van der Waals surface area contributed by atoms with Crippen molar-refractivity contribution in [1.29, 1.82) is 0 Å². The number of hydrogen-bond donors (Lipinski definition) is 1. The van der Waals surface area contributed by atoms with Crippen LogP contribution in [0.3, 0.4) is 0 Å². The van der Waals surface area contributed by atoms with Crippen LogP contribution < -0.4 is 5.32 Å². The van der Waals surface area contributed by atoms with Gasteiger partial charge in [0.15, 0.2) is 5.12 Å². The number of urea groups is 1. The lowest BCUT2D eigenvalue weighted by Gasteiger charge is -2.23. The van der Waals surface area contributed by atoms with E-state index in [-0.39, 0.29) is 11.1 Å². The van der Waals surface area contributed by atoms with Gasteiger partial charge in [0.25, 0.3) is 0 Å². The molecule has 0 spiro atoms. The van der Waals surface area contributed by atoms with Crippen molar-refractivity contribution in [2.75, 3.05) is 25.4 Å². The quantitative estimate of drug-likeness (QED) is 0.636. The van der Waals surface area contributed by atoms with Crippen molar-refractivity contribution >= 4 is 22.9 Å². The van der Waals surface area contributed by atoms with Gasteiger partial charge in [-0.05, 0) is 54.7 Å². The second-order valence-corrected chi connectivity index (χ2v) is 7.40. The van der Waals surface area contributed by atoms with Gasteiger partial charge in [0.2, 0.25) is 0 Å². The summed E-state index contributed by atoms with van der Waals surface area (Å²) in [5.74, 6) is 0.607. The largest absolute Gasteiger partial charge is 0.338 e. The molecule has 2 rings (SSSR count). The fourth-order valence-corrected chi connectivity index (χ4v) is 3.18. The Morgan fingerprint density at radius 3 is 2.15 bits per heavy atom. The van der Waals surface area contributed by atoms with Crippen LogP contribution in [0.2, 0.25) is 0 Å². The highest BCUT2D eigenvalue weighted by atomic mass is 32.2. The first-order valence-electron chi connectivity index (χ1n) is 9.09. The van der Waals surface area contributed by atoms with Crippen LogP contribution in [0.4, 0.5) is 4.79 Å². The monoisotopic (exact) mass is 386 g/mol. The van der Waals surface area contributed by atoms with Crippen molar-refractivity contribution in [1.82, 2.24) is 20.2 Å². The number of rotatable bonds is 10. The molecule has 2 amide bonds. The Labute approximate surface area is 164 Å². The third-order valence-corrected chi connectivity index (χ3v) is 4.83. The minimum atomic E-state index is -0.0806. The molecule has 0 aliphatic carbocycles. The van der Waals surface area contributed by atoms with Gasteiger partial charge < -0.3 is 10.2 Å². The van der Waals surface area contributed by atoms with E-state index in [1.807, 2.05) is 24.3 Å². The molecule has 0 atom stereocenters. The molecule has 2 heterocycles. The van der Waals surface area contributed by atoms with E-state index < -0.39 is 0 Å². The molecule has 0 saturated heterocycles. The number of pyridine rings is 2. The summed E-state index contributed by atoms with van der Waals surface area (Å²) in [6.45, 7) is 3.32. The minimum absolute atomic E-state index is 0.0712. The first-order chi connectivity index (χ1) is 13.1. The molecule has 2 aromatic rings. The van der Waals surface area contributed by atoms with Crippen molar-refractivity contribution in [3.05, 3.63) is 60.2 Å². The third-order valence-electron chi connectivity index (χ3n) is 4.04. The van der Waals surface area contributed by atoms with Crippen LogP contribution in [-0.2, 0) is 17.6 Å². The molecule has 0 saturated carbocycles. The van der Waals surface area contributed by atoms with Crippen molar-refractivity contribution in [2.45, 2.75) is 26.2 Å². The summed E-state index contributed by atoms with van der Waals surface area (Å²) in [7, 11) is 0. The van der Waals surface area contributed by atoms with Crippen LogP contribution in [0.1, 0.15) is 24.5 Å². The standard InChI is InChI=1S/C20H26N4O2S/c1-17(25)27-16-15-24(14-8-19-6-12-22-13-7-19)20(26)23-9-2-3-18-4-10-21-11-5-18/h4-7,10-13H,2-3,8-9,14-16H2,1H3,(H,23,26). The highest BCUT2D eigenvalue weighted by Crippen LogP contribution is 2.06. The number of carbonyl (C=O) groups is 2. The smallest absolute Gasteiger partial charge is 0.317 e. The summed E-state index contributed by atoms with van der Waals surface area (Å²) < 4.78 is 0. The van der Waals surface area contributed by atoms with Crippen LogP contribution >= 0.6 is 11.8 Å². The van der Waals surface area contributed by atoms with Crippen molar-refractivity contribution < 1.29 is 9.59 Å². The van der Waals surface area contributed by atoms with Gasteiger partial charge in [-0.2, -0.15) is 0 Å². The second kappa shape index (κ2) is 12.1. The lowest BCUT2D eigenvalue weighted by atomic mass is 10.1. The van der Waals surface area contributed by atoms with E-state index in [0.29, 0.717) is 25.4 Å². The number of carbonyl (C=O) groups excluding carboxylic acids is 2. The average Bonchev–Trinajstić information content (AvgIpc) is 2.69. The summed E-state index contributed by atoms with van der Waals surface area (Å²) in [5.41, 5.74) is 2.35. The van der Waals surface area contributed by atoms with E-state index in [1.54, 1.807) is 36.6 Å². The van der Waals surface area contributed by atoms with Crippen molar-refractivity contribution in [3.8, 4) is 0 Å². The normalized spacial score (nSPS) is 10.4. The molecule has 1 N–H and O–H groups in total. The van der Waals surface area contributed by atoms with E-state index in [4.69, 9.17) is 0 Å². The molecule has 7 heteroatoms. The first kappa shape index (κ1) is 20.9. The predicted molar refractivity (Wildman–Crippen MR) is 109 cm³/mol. The summed E-state index contributed by atoms with van der Waals surface area (Å²) in [6, 6.07) is 7.80. The fourth-order valence-electron chi connectivity index (χ4n) is 2.58. The van der Waals surface area contributed by atoms with E-state index in [0.717, 1.165) is 24.8 Å². The molecule has 0 bridgehead atoms. The molecular weight excluding hydrogens is 360 g/mol. The highest BCUT2D eigenvalue weighted by Gasteiger charge is 2.13. The Bertz CT molecular complexity index is 698. The van der Waals surface area contributed by atoms with Gasteiger partial charge >= 0.3 is 6.03 Å². The summed E-state index contributed by atoms with van der Waals surface area (Å²) in [6.07, 6.45) is 9.60. The third kappa shape index (κ3) is 8.68. The molecule has 0 unspecified atom stereocenters. The molecule has 0 aliphatic rings. The van der Waals surface area contributed by atoms with Crippen LogP contribution in [0, 0.1) is 0 Å². The van der Waals surface area contributed by atoms with E-state index in [2.05, 4.69) is 15.3 Å². The van der Waals surface area contributed by atoms with Gasteiger partial charge in [0.1, 0.15) is 0 Å². The van der Waals surface area contributed by atoms with Crippen LogP contribution in [-0.4, -0.2) is 51.4 Å². The maximum atomic E-state index is 12.5. The second-order valence-electron chi connectivity index (χ2n) is 6.12. The van der Waals surface area contributed by atoms with E-state index >= 15 is 0 Å². The van der Waals surface area contributed by atoms with Gasteiger partial charge in [-0.25, -0.2) is 4.79 Å². The Balaban J connectivity index is 1.78. The maximum absolute atomic E-state index is 12.5. The Morgan fingerprint density at radius 1 is 0.963 bits per heavy atom. The van der Waals surface area contributed by atoms with Gasteiger partial charge in [0, 0.05) is 57.1 Å². The number of hydrogen-bond acceptors (Lipinski definition) is 5. The molecule has 144 valence electrons. The highest BCUT2D eigenvalue weighted by molar-refractivity contribution is 8.13. The zero-order chi connectivity index (χ0) is 19.3. The molecule has 6 nitrogen and oxygen atoms in total. The Morgan fingerprint density at radius 2 is 1.56 bits per heavy atom. The summed E-state index contributed by atoms with van der Waals surface area (Å²) >= 11 is 1.25. The lowest BCUT2D eigenvalue weighted by Crippen LogP contribution is -2.42. The average molecular weight is 387 g/mol. The molecular formula is C20H26N4O2S. The topological polar surface area (TPSA) is 75.2 Å². The number of nitrogens with one attached hydrogen (secondary N) is 1. The number of amides is 2. The zero-order valence-electron chi connectivity index (χ0n) is 15.6. The SMILES string of the molecule is CC(=O)SCCN(CCc1ccncc1)C(=O)NCCCc1ccncc1. The molecule has 0 radical (unpaired) electrons. The number of aryl methyl sites for hydroxylation is 1. The van der Waals surface area contributed by atoms with E-state index in [1.165, 1.54) is 17.3 Å². The number of nitrogens with zero attached hydrogens (tertiary/aromatic N) is 3. The number of thioether (sulfide) groups is 1. The molecule has 27 heavy (non-hydrogen) atoms. The molecule has 0 aromatic carbocycles. The molecule has 2 aromatic heterocycles. The molecule has 0 aliphatic heterocycles.